The molecule has 0 bridgehead atoms. The lowest BCUT2D eigenvalue weighted by Gasteiger charge is -2.19. The largest absolute Gasteiger partial charge is 0.351 e. The molecular formula is C10H24ClN3O3S. The molecule has 1 atom stereocenters. The van der Waals surface area contributed by atoms with E-state index in [0.717, 1.165) is 29.8 Å². The van der Waals surface area contributed by atoms with Gasteiger partial charge in [-0.05, 0) is 6.42 Å². The first-order chi connectivity index (χ1) is 7.81. The summed E-state index contributed by atoms with van der Waals surface area (Å²) < 4.78 is 23.2. The van der Waals surface area contributed by atoms with Crippen LogP contribution < -0.4 is 11.1 Å². The van der Waals surface area contributed by atoms with Crippen LogP contribution in [-0.4, -0.2) is 51.1 Å². The molecule has 0 aliphatic heterocycles. The molecule has 3 N–H and O–H groups in total. The van der Waals surface area contributed by atoms with Gasteiger partial charge < -0.3 is 11.1 Å². The van der Waals surface area contributed by atoms with Gasteiger partial charge in [-0.3, -0.25) is 4.79 Å². The third-order valence-electron chi connectivity index (χ3n) is 2.49. The summed E-state index contributed by atoms with van der Waals surface area (Å²) >= 11 is 0. The Bertz CT molecular complexity index is 335. The monoisotopic (exact) mass is 301 g/mol. The van der Waals surface area contributed by atoms with E-state index < -0.39 is 10.0 Å². The number of rotatable bonds is 8. The van der Waals surface area contributed by atoms with Crippen LogP contribution in [0.1, 0.15) is 26.2 Å². The van der Waals surface area contributed by atoms with Gasteiger partial charge in [0.25, 0.3) is 0 Å². The average Bonchev–Trinajstić information content (AvgIpc) is 2.22. The molecule has 0 heterocycles. The highest BCUT2D eigenvalue weighted by Crippen LogP contribution is 1.99. The lowest BCUT2D eigenvalue weighted by Crippen LogP contribution is -2.45. The molecule has 1 unspecified atom stereocenters. The number of hydrogen-bond acceptors (Lipinski definition) is 4. The zero-order valence-electron chi connectivity index (χ0n) is 11.2. The van der Waals surface area contributed by atoms with E-state index in [1.165, 1.54) is 7.05 Å². The lowest BCUT2D eigenvalue weighted by molar-refractivity contribution is -0.121. The molecule has 0 aromatic carbocycles. The Morgan fingerprint density at radius 1 is 1.44 bits per heavy atom. The first kappa shape index (κ1) is 20.0. The standard InChI is InChI=1S/C10H23N3O3S.ClH/c1-4-5-6-9(7-11)12-10(14)8-13(2)17(3,15)16;/h9H,4-8,11H2,1-3H3,(H,12,14);1H. The van der Waals surface area contributed by atoms with E-state index in [2.05, 4.69) is 12.2 Å². The van der Waals surface area contributed by atoms with Crippen LogP contribution in [0.5, 0.6) is 0 Å². The molecule has 0 aliphatic rings. The number of sulfonamides is 1. The number of halogens is 1. The second kappa shape index (κ2) is 9.55. The summed E-state index contributed by atoms with van der Waals surface area (Å²) in [4.78, 5) is 11.6. The second-order valence-electron chi connectivity index (χ2n) is 4.16. The van der Waals surface area contributed by atoms with Gasteiger partial charge in [0.05, 0.1) is 12.8 Å². The van der Waals surface area contributed by atoms with Crippen LogP contribution >= 0.6 is 12.4 Å². The van der Waals surface area contributed by atoms with Gasteiger partial charge in [-0.1, -0.05) is 19.8 Å². The number of carbonyl (C=O) groups excluding carboxylic acids is 1. The van der Waals surface area contributed by atoms with E-state index in [1.54, 1.807) is 0 Å². The molecule has 110 valence electrons. The highest BCUT2D eigenvalue weighted by atomic mass is 35.5. The SMILES string of the molecule is CCCCC(CN)NC(=O)CN(C)S(C)(=O)=O.Cl. The van der Waals surface area contributed by atoms with Crippen molar-refractivity contribution in [3.8, 4) is 0 Å². The van der Waals surface area contributed by atoms with Crippen LogP contribution in [0.3, 0.4) is 0 Å². The molecule has 0 aromatic heterocycles. The Labute approximate surface area is 116 Å². The second-order valence-corrected chi connectivity index (χ2v) is 6.25. The molecule has 0 radical (unpaired) electrons. The first-order valence-electron chi connectivity index (χ1n) is 5.72. The van der Waals surface area contributed by atoms with Gasteiger partial charge in [0.15, 0.2) is 0 Å². The van der Waals surface area contributed by atoms with Gasteiger partial charge in [0.2, 0.25) is 15.9 Å². The molecule has 0 saturated heterocycles. The molecule has 8 heteroatoms. The molecule has 1 amide bonds. The third kappa shape index (κ3) is 8.68. The minimum atomic E-state index is -3.32. The summed E-state index contributed by atoms with van der Waals surface area (Å²) in [7, 11) is -1.94. The van der Waals surface area contributed by atoms with E-state index in [4.69, 9.17) is 5.73 Å². The third-order valence-corrected chi connectivity index (χ3v) is 3.75. The number of amides is 1. The minimum Gasteiger partial charge on any atom is -0.351 e. The normalized spacial score (nSPS) is 12.9. The molecule has 6 nitrogen and oxygen atoms in total. The predicted octanol–water partition coefficient (Wildman–Crippen LogP) is -0.0667. The lowest BCUT2D eigenvalue weighted by atomic mass is 10.1. The molecule has 0 aromatic rings. The van der Waals surface area contributed by atoms with Gasteiger partial charge in [0.1, 0.15) is 0 Å². The van der Waals surface area contributed by atoms with Crippen molar-refractivity contribution in [1.29, 1.82) is 0 Å². The molecule has 18 heavy (non-hydrogen) atoms. The van der Waals surface area contributed by atoms with E-state index in [9.17, 15) is 13.2 Å². The van der Waals surface area contributed by atoms with Crippen LogP contribution in [0.15, 0.2) is 0 Å². The van der Waals surface area contributed by atoms with Crippen molar-refractivity contribution in [1.82, 2.24) is 9.62 Å². The zero-order valence-corrected chi connectivity index (χ0v) is 12.8. The van der Waals surface area contributed by atoms with E-state index in [0.29, 0.717) is 6.54 Å². The number of carbonyl (C=O) groups is 1. The number of likely N-dealkylation sites (N-methyl/N-ethyl adjacent to an activating group) is 1. The van der Waals surface area contributed by atoms with Crippen LogP contribution in [0, 0.1) is 0 Å². The van der Waals surface area contributed by atoms with E-state index >= 15 is 0 Å². The molecule has 0 fully saturated rings. The van der Waals surface area contributed by atoms with Crippen molar-refractivity contribution < 1.29 is 13.2 Å². The van der Waals surface area contributed by atoms with Crippen LogP contribution in [0.25, 0.3) is 0 Å². The number of nitrogens with one attached hydrogen (secondary N) is 1. The summed E-state index contributed by atoms with van der Waals surface area (Å²) in [5, 5.41) is 2.73. The Morgan fingerprint density at radius 2 is 2.00 bits per heavy atom. The maximum absolute atomic E-state index is 11.6. The maximum atomic E-state index is 11.6. The summed E-state index contributed by atoms with van der Waals surface area (Å²) in [6.07, 6.45) is 3.92. The van der Waals surface area contributed by atoms with Crippen LogP contribution in [-0.2, 0) is 14.8 Å². The highest BCUT2D eigenvalue weighted by Gasteiger charge is 2.17. The fourth-order valence-corrected chi connectivity index (χ4v) is 1.64. The van der Waals surface area contributed by atoms with Gasteiger partial charge in [0, 0.05) is 19.6 Å². The maximum Gasteiger partial charge on any atom is 0.235 e. The van der Waals surface area contributed by atoms with Gasteiger partial charge in [-0.25, -0.2) is 8.42 Å². The quantitative estimate of drug-likeness (QED) is 0.656. The summed E-state index contributed by atoms with van der Waals surface area (Å²) in [6.45, 7) is 2.27. The van der Waals surface area contributed by atoms with Crippen LogP contribution in [0.4, 0.5) is 0 Å². The Morgan fingerprint density at radius 3 is 2.39 bits per heavy atom. The van der Waals surface area contributed by atoms with Crippen molar-refractivity contribution in [3.63, 3.8) is 0 Å². The number of nitrogens with zero attached hydrogens (tertiary/aromatic N) is 1. The van der Waals surface area contributed by atoms with Crippen molar-refractivity contribution in [2.75, 3.05) is 26.4 Å². The summed E-state index contributed by atoms with van der Waals surface area (Å²) in [5.41, 5.74) is 5.53. The summed E-state index contributed by atoms with van der Waals surface area (Å²) in [6, 6.07) is -0.0737. The average molecular weight is 302 g/mol. The van der Waals surface area contributed by atoms with E-state index in [1.807, 2.05) is 0 Å². The predicted molar refractivity (Wildman–Crippen MR) is 75.2 cm³/mol. The van der Waals surface area contributed by atoms with Crippen molar-refractivity contribution >= 4 is 28.3 Å². The van der Waals surface area contributed by atoms with Gasteiger partial charge in [-0.15, -0.1) is 12.4 Å². The van der Waals surface area contributed by atoms with Crippen molar-refractivity contribution in [2.24, 2.45) is 5.73 Å². The van der Waals surface area contributed by atoms with Crippen LogP contribution in [0.2, 0.25) is 0 Å². The topological polar surface area (TPSA) is 92.5 Å². The Kier molecular flexibility index (Phi) is 10.6. The van der Waals surface area contributed by atoms with Gasteiger partial charge in [-0.2, -0.15) is 4.31 Å². The number of hydrogen-bond donors (Lipinski definition) is 2. The smallest absolute Gasteiger partial charge is 0.235 e. The highest BCUT2D eigenvalue weighted by molar-refractivity contribution is 7.88. The zero-order chi connectivity index (χ0) is 13.5. The molecular weight excluding hydrogens is 278 g/mol. The van der Waals surface area contributed by atoms with Crippen molar-refractivity contribution in [3.05, 3.63) is 0 Å². The number of unbranched alkanes of at least 4 members (excludes halogenated alkanes) is 1. The molecule has 0 spiro atoms. The fourth-order valence-electron chi connectivity index (χ4n) is 1.29. The Hall–Kier alpha value is -0.370. The fraction of sp³-hybridized carbons (Fsp3) is 0.900. The van der Waals surface area contributed by atoms with Gasteiger partial charge >= 0.3 is 0 Å². The summed E-state index contributed by atoms with van der Waals surface area (Å²) in [5.74, 6) is -0.315. The molecule has 0 rings (SSSR count). The molecule has 0 aliphatic carbocycles. The van der Waals surface area contributed by atoms with Crippen molar-refractivity contribution in [2.45, 2.75) is 32.2 Å². The minimum absolute atomic E-state index is 0. The number of nitrogens with two attached hydrogens (primary N) is 1. The Balaban J connectivity index is 0. The van der Waals surface area contributed by atoms with E-state index in [-0.39, 0.29) is 30.9 Å². The first-order valence-corrected chi connectivity index (χ1v) is 7.56. The molecule has 0 saturated carbocycles.